The highest BCUT2D eigenvalue weighted by atomic mass is 16.5. The predicted octanol–water partition coefficient (Wildman–Crippen LogP) is 4.48. The van der Waals surface area contributed by atoms with Gasteiger partial charge in [-0.25, -0.2) is 0 Å². The Kier molecular flexibility index (Phi) is 8.76. The number of ketones is 2. The van der Waals surface area contributed by atoms with E-state index >= 15 is 0 Å². The van der Waals surface area contributed by atoms with Crippen LogP contribution in [-0.4, -0.2) is 55.0 Å². The zero-order valence-electron chi connectivity index (χ0n) is 25.8. The minimum Gasteiger partial charge on any atom is -0.493 e. The number of rotatable bonds is 10. The van der Waals surface area contributed by atoms with Gasteiger partial charge in [0.15, 0.2) is 23.9 Å². The lowest BCUT2D eigenvalue weighted by Gasteiger charge is -2.58. The van der Waals surface area contributed by atoms with Gasteiger partial charge < -0.3 is 24.6 Å². The first-order valence-electron chi connectivity index (χ1n) is 15.6. The van der Waals surface area contributed by atoms with E-state index in [1.807, 2.05) is 19.1 Å². The number of ether oxygens (including phenoxy) is 3. The van der Waals surface area contributed by atoms with Gasteiger partial charge in [-0.05, 0) is 80.3 Å². The maximum Gasteiger partial charge on any atom is 0.306 e. The molecule has 0 radical (unpaired) electrons. The van der Waals surface area contributed by atoms with Crippen LogP contribution in [0.25, 0.3) is 0 Å². The number of fused-ring (bicyclic) bond motifs is 5. The monoisotopic (exact) mass is 595 g/mol. The molecule has 0 aliphatic heterocycles. The van der Waals surface area contributed by atoms with Gasteiger partial charge in [0.2, 0.25) is 11.7 Å². The van der Waals surface area contributed by atoms with Gasteiger partial charge in [-0.2, -0.15) is 0 Å². The first-order chi connectivity index (χ1) is 20.5. The number of benzene rings is 1. The number of carbonyl (C=O) groups excluding carboxylic acids is 4. The number of allylic oxidation sites excluding steroid dienone is 1. The van der Waals surface area contributed by atoms with Crippen LogP contribution in [0.5, 0.6) is 11.5 Å². The van der Waals surface area contributed by atoms with E-state index in [1.54, 1.807) is 12.1 Å². The molecule has 0 unspecified atom stereocenters. The molecule has 0 heterocycles. The highest BCUT2D eigenvalue weighted by Gasteiger charge is 2.66. The topological polar surface area (TPSA) is 128 Å². The summed E-state index contributed by atoms with van der Waals surface area (Å²) in [6.45, 7) is 4.06. The molecular weight excluding hydrogens is 550 g/mol. The average molecular weight is 596 g/mol. The lowest BCUT2D eigenvalue weighted by atomic mass is 9.46. The number of carbonyl (C=O) groups is 4. The molecule has 1 aromatic carbocycles. The van der Waals surface area contributed by atoms with E-state index in [-0.39, 0.29) is 42.4 Å². The quantitative estimate of drug-likeness (QED) is 0.379. The van der Waals surface area contributed by atoms with E-state index in [4.69, 9.17) is 14.2 Å². The lowest BCUT2D eigenvalue weighted by Crippen LogP contribution is -2.58. The van der Waals surface area contributed by atoms with Crippen molar-refractivity contribution in [3.05, 3.63) is 35.4 Å². The molecule has 5 rings (SSSR count). The summed E-state index contributed by atoms with van der Waals surface area (Å²) in [5, 5.41) is 14.6. The number of methoxy groups -OCH3 is 2. The number of aliphatic hydroxyl groups is 1. The van der Waals surface area contributed by atoms with Crippen LogP contribution in [0.1, 0.15) is 83.6 Å². The maximum absolute atomic E-state index is 13.5. The molecule has 0 aromatic heterocycles. The highest BCUT2D eigenvalue weighted by molar-refractivity contribution is 5.92. The first-order valence-corrected chi connectivity index (χ1v) is 15.6. The molecule has 3 saturated carbocycles. The Morgan fingerprint density at radius 3 is 2.49 bits per heavy atom. The molecule has 6 atom stereocenters. The Morgan fingerprint density at radius 1 is 0.977 bits per heavy atom. The standard InChI is InChI=1S/C34H45NO8/c1-32-15-12-23(36)18-22(32)8-9-24-25(32)13-16-33(2)26(24)14-17-34(33,40)28(37)20-43-30(39)11-10-29(38)35-19-21-6-5-7-27(41-3)31(21)42-4/h5-7,18,24-26,40H,8-17,19-20H2,1-4H3,(H,35,38)/t24-,25+,26+,32+,33+,34+/m1/s1. The Bertz CT molecular complexity index is 1320. The molecule has 43 heavy (non-hydrogen) atoms. The largest absolute Gasteiger partial charge is 0.493 e. The third-order valence-corrected chi connectivity index (χ3v) is 11.5. The third-order valence-electron chi connectivity index (χ3n) is 11.5. The zero-order chi connectivity index (χ0) is 31.0. The van der Waals surface area contributed by atoms with E-state index in [0.29, 0.717) is 36.2 Å². The highest BCUT2D eigenvalue weighted by Crippen LogP contribution is 2.67. The maximum atomic E-state index is 13.5. The third kappa shape index (κ3) is 5.49. The molecule has 1 aromatic rings. The minimum atomic E-state index is -1.55. The number of hydrogen-bond acceptors (Lipinski definition) is 8. The van der Waals surface area contributed by atoms with Crippen molar-refractivity contribution in [2.75, 3.05) is 20.8 Å². The number of Topliss-reactive ketones (excluding diaryl/α,β-unsaturated/α-hetero) is 1. The fraction of sp³-hybridized carbons (Fsp3) is 0.647. The van der Waals surface area contributed by atoms with Crippen LogP contribution in [0, 0.1) is 28.6 Å². The summed E-state index contributed by atoms with van der Waals surface area (Å²) in [7, 11) is 3.06. The van der Waals surface area contributed by atoms with Crippen molar-refractivity contribution in [1.82, 2.24) is 5.32 Å². The van der Waals surface area contributed by atoms with Gasteiger partial charge in [0.25, 0.3) is 0 Å². The number of para-hydroxylation sites is 1. The predicted molar refractivity (Wildman–Crippen MR) is 158 cm³/mol. The zero-order valence-corrected chi connectivity index (χ0v) is 25.8. The summed E-state index contributed by atoms with van der Waals surface area (Å²) in [6.07, 6.45) is 7.74. The van der Waals surface area contributed by atoms with Crippen LogP contribution in [0.4, 0.5) is 0 Å². The smallest absolute Gasteiger partial charge is 0.306 e. The van der Waals surface area contributed by atoms with Crippen molar-refractivity contribution in [2.24, 2.45) is 28.6 Å². The molecule has 0 saturated heterocycles. The second kappa shape index (κ2) is 12.1. The van der Waals surface area contributed by atoms with Crippen LogP contribution in [0.3, 0.4) is 0 Å². The number of hydrogen-bond donors (Lipinski definition) is 2. The van der Waals surface area contributed by atoms with E-state index in [1.165, 1.54) is 19.8 Å². The summed E-state index contributed by atoms with van der Waals surface area (Å²) in [5.74, 6) is 0.930. The van der Waals surface area contributed by atoms with Crippen LogP contribution in [0.15, 0.2) is 29.8 Å². The van der Waals surface area contributed by atoms with Gasteiger partial charge in [-0.3, -0.25) is 19.2 Å². The van der Waals surface area contributed by atoms with Crippen molar-refractivity contribution >= 4 is 23.4 Å². The van der Waals surface area contributed by atoms with Gasteiger partial charge >= 0.3 is 5.97 Å². The number of nitrogens with one attached hydrogen (secondary N) is 1. The van der Waals surface area contributed by atoms with Gasteiger partial charge in [-0.1, -0.05) is 31.6 Å². The lowest BCUT2D eigenvalue weighted by molar-refractivity contribution is -0.170. The molecule has 4 aliphatic rings. The molecule has 0 bridgehead atoms. The fourth-order valence-corrected chi connectivity index (χ4v) is 8.96. The number of amides is 1. The van der Waals surface area contributed by atoms with Crippen LogP contribution >= 0.6 is 0 Å². The van der Waals surface area contributed by atoms with E-state index in [0.717, 1.165) is 44.1 Å². The van der Waals surface area contributed by atoms with Gasteiger partial charge in [0, 0.05) is 30.4 Å². The minimum absolute atomic E-state index is 0.0186. The Balaban J connectivity index is 1.13. The molecule has 0 spiro atoms. The molecule has 9 nitrogen and oxygen atoms in total. The molecule has 9 heteroatoms. The molecule has 234 valence electrons. The van der Waals surface area contributed by atoms with Gasteiger partial charge in [0.05, 0.1) is 20.6 Å². The summed E-state index contributed by atoms with van der Waals surface area (Å²) < 4.78 is 15.9. The van der Waals surface area contributed by atoms with Crippen LogP contribution in [0.2, 0.25) is 0 Å². The SMILES string of the molecule is COc1cccc(CNC(=O)CCC(=O)OCC(=O)[C@@]2(O)CC[C@H]3[C@@H]4CCC5=CC(=O)CC[C@]5(C)[C@H]4CC[C@@]32C)c1OC. The van der Waals surface area contributed by atoms with Gasteiger partial charge in [0.1, 0.15) is 5.60 Å². The molecule has 2 N–H and O–H groups in total. The summed E-state index contributed by atoms with van der Waals surface area (Å²) in [6, 6.07) is 5.37. The summed E-state index contributed by atoms with van der Waals surface area (Å²) in [4.78, 5) is 50.4. The molecule has 4 aliphatic carbocycles. The second-order valence-electron chi connectivity index (χ2n) is 13.3. The molecular formula is C34H45NO8. The normalized spacial score (nSPS) is 32.9. The molecule has 1 amide bonds. The van der Waals surface area contributed by atoms with Gasteiger partial charge in [-0.15, -0.1) is 0 Å². The summed E-state index contributed by atoms with van der Waals surface area (Å²) >= 11 is 0. The second-order valence-corrected chi connectivity index (χ2v) is 13.3. The Morgan fingerprint density at radius 2 is 1.74 bits per heavy atom. The first kappa shape index (κ1) is 31.2. The summed E-state index contributed by atoms with van der Waals surface area (Å²) in [5.41, 5.74) is -0.0816. The van der Waals surface area contributed by atoms with Crippen molar-refractivity contribution in [1.29, 1.82) is 0 Å². The van der Waals surface area contributed by atoms with Crippen molar-refractivity contribution in [3.63, 3.8) is 0 Å². The average Bonchev–Trinajstić information content (AvgIpc) is 3.28. The number of esters is 1. The van der Waals surface area contributed by atoms with Crippen molar-refractivity contribution < 1.29 is 38.5 Å². The van der Waals surface area contributed by atoms with E-state index in [9.17, 15) is 24.3 Å². The van der Waals surface area contributed by atoms with Crippen molar-refractivity contribution in [2.45, 2.75) is 90.2 Å². The Hall–Kier alpha value is -3.20. The fourth-order valence-electron chi connectivity index (χ4n) is 8.96. The van der Waals surface area contributed by atoms with Crippen molar-refractivity contribution in [3.8, 4) is 11.5 Å². The van der Waals surface area contributed by atoms with E-state index in [2.05, 4.69) is 12.2 Å². The van der Waals surface area contributed by atoms with E-state index < -0.39 is 29.4 Å². The Labute approximate surface area is 253 Å². The molecule has 3 fully saturated rings. The van der Waals surface area contributed by atoms with Crippen LogP contribution < -0.4 is 14.8 Å². The van der Waals surface area contributed by atoms with Crippen LogP contribution in [-0.2, 0) is 30.5 Å².